The molecule has 0 radical (unpaired) electrons. The standard InChI is InChI=1S/C16H14FN3/c17-13-6-8-14(9-7-13)20-15(11-18)10-16(19-20)12-4-2-1-3-5-12/h1-10H,11,18H2. The van der Waals surface area contributed by atoms with Crippen molar-refractivity contribution >= 4 is 0 Å². The maximum atomic E-state index is 13.0. The summed E-state index contributed by atoms with van der Waals surface area (Å²) in [6.07, 6.45) is 0. The number of hydrogen-bond acceptors (Lipinski definition) is 2. The quantitative estimate of drug-likeness (QED) is 0.792. The fraction of sp³-hybridized carbons (Fsp3) is 0.0625. The lowest BCUT2D eigenvalue weighted by molar-refractivity contribution is 0.626. The number of nitrogens with two attached hydrogens (primary N) is 1. The highest BCUT2D eigenvalue weighted by atomic mass is 19.1. The SMILES string of the molecule is NCc1cc(-c2ccccc2)nn1-c1ccc(F)cc1. The summed E-state index contributed by atoms with van der Waals surface area (Å²) >= 11 is 0. The van der Waals surface area contributed by atoms with Gasteiger partial charge in [0.1, 0.15) is 5.82 Å². The van der Waals surface area contributed by atoms with Crippen molar-refractivity contribution in [2.45, 2.75) is 6.54 Å². The summed E-state index contributed by atoms with van der Waals surface area (Å²) in [4.78, 5) is 0. The van der Waals surface area contributed by atoms with Crippen LogP contribution in [0.2, 0.25) is 0 Å². The van der Waals surface area contributed by atoms with Gasteiger partial charge in [-0.05, 0) is 30.3 Å². The lowest BCUT2D eigenvalue weighted by atomic mass is 10.1. The van der Waals surface area contributed by atoms with E-state index in [2.05, 4.69) is 5.10 Å². The summed E-state index contributed by atoms with van der Waals surface area (Å²) in [5, 5.41) is 4.57. The highest BCUT2D eigenvalue weighted by Gasteiger charge is 2.09. The second-order valence-corrected chi connectivity index (χ2v) is 4.48. The molecule has 0 fully saturated rings. The number of aromatic nitrogens is 2. The molecule has 0 atom stereocenters. The molecule has 1 heterocycles. The maximum Gasteiger partial charge on any atom is 0.123 e. The van der Waals surface area contributed by atoms with Crippen molar-refractivity contribution in [1.29, 1.82) is 0 Å². The zero-order valence-electron chi connectivity index (χ0n) is 10.8. The predicted octanol–water partition coefficient (Wildman–Crippen LogP) is 3.14. The fourth-order valence-electron chi connectivity index (χ4n) is 2.12. The second-order valence-electron chi connectivity index (χ2n) is 4.48. The third-order valence-corrected chi connectivity index (χ3v) is 3.13. The number of halogens is 1. The van der Waals surface area contributed by atoms with Crippen molar-refractivity contribution in [3.05, 3.63) is 72.2 Å². The van der Waals surface area contributed by atoms with Crippen molar-refractivity contribution < 1.29 is 4.39 Å². The molecule has 0 saturated heterocycles. The molecule has 0 aliphatic carbocycles. The average molecular weight is 267 g/mol. The summed E-state index contributed by atoms with van der Waals surface area (Å²) < 4.78 is 14.8. The fourth-order valence-corrected chi connectivity index (χ4v) is 2.12. The van der Waals surface area contributed by atoms with E-state index in [1.165, 1.54) is 12.1 Å². The van der Waals surface area contributed by atoms with Crippen molar-refractivity contribution in [3.8, 4) is 16.9 Å². The molecule has 100 valence electrons. The molecule has 0 aliphatic heterocycles. The summed E-state index contributed by atoms with van der Waals surface area (Å²) in [6, 6.07) is 18.1. The number of rotatable bonds is 3. The minimum absolute atomic E-state index is 0.265. The Labute approximate surface area is 116 Å². The van der Waals surface area contributed by atoms with E-state index in [1.54, 1.807) is 16.8 Å². The first-order chi connectivity index (χ1) is 9.78. The van der Waals surface area contributed by atoms with Crippen molar-refractivity contribution in [2.75, 3.05) is 0 Å². The van der Waals surface area contributed by atoms with Gasteiger partial charge in [0, 0.05) is 12.1 Å². The van der Waals surface area contributed by atoms with E-state index in [1.807, 2.05) is 36.4 Å². The molecule has 3 rings (SSSR count). The van der Waals surface area contributed by atoms with Gasteiger partial charge in [0.2, 0.25) is 0 Å². The molecule has 2 N–H and O–H groups in total. The van der Waals surface area contributed by atoms with Crippen molar-refractivity contribution in [2.24, 2.45) is 5.73 Å². The lowest BCUT2D eigenvalue weighted by Gasteiger charge is -2.05. The third kappa shape index (κ3) is 2.33. The molecule has 2 aromatic carbocycles. The van der Waals surface area contributed by atoms with Crippen LogP contribution in [0.15, 0.2) is 60.7 Å². The highest BCUT2D eigenvalue weighted by molar-refractivity contribution is 5.59. The van der Waals surface area contributed by atoms with Crippen LogP contribution in [0.5, 0.6) is 0 Å². The Hall–Kier alpha value is -2.46. The molecule has 0 bridgehead atoms. The number of benzene rings is 2. The van der Waals surface area contributed by atoms with Crippen LogP contribution in [0.3, 0.4) is 0 Å². The normalized spacial score (nSPS) is 10.7. The summed E-state index contributed by atoms with van der Waals surface area (Å²) in [6.45, 7) is 0.372. The second kappa shape index (κ2) is 5.27. The van der Waals surface area contributed by atoms with E-state index in [0.29, 0.717) is 6.54 Å². The van der Waals surface area contributed by atoms with Crippen LogP contribution in [0.1, 0.15) is 5.69 Å². The Balaban J connectivity index is 2.07. The van der Waals surface area contributed by atoms with E-state index in [4.69, 9.17) is 5.73 Å². The molecule has 4 heteroatoms. The van der Waals surface area contributed by atoms with E-state index in [0.717, 1.165) is 22.6 Å². The van der Waals surface area contributed by atoms with Gasteiger partial charge >= 0.3 is 0 Å². The lowest BCUT2D eigenvalue weighted by Crippen LogP contribution is -2.06. The van der Waals surface area contributed by atoms with Gasteiger partial charge in [-0.1, -0.05) is 30.3 Å². The van der Waals surface area contributed by atoms with Gasteiger partial charge in [-0.3, -0.25) is 0 Å². The highest BCUT2D eigenvalue weighted by Crippen LogP contribution is 2.21. The minimum atomic E-state index is -0.265. The van der Waals surface area contributed by atoms with Gasteiger partial charge in [0.15, 0.2) is 0 Å². The Kier molecular flexibility index (Phi) is 3.31. The van der Waals surface area contributed by atoms with Crippen LogP contribution >= 0.6 is 0 Å². The Morgan fingerprint density at radius 1 is 1.00 bits per heavy atom. The smallest absolute Gasteiger partial charge is 0.123 e. The molecule has 3 aromatic rings. The Morgan fingerprint density at radius 2 is 1.70 bits per heavy atom. The van der Waals surface area contributed by atoms with Crippen LogP contribution in [0.25, 0.3) is 16.9 Å². The van der Waals surface area contributed by atoms with Crippen LogP contribution in [-0.4, -0.2) is 9.78 Å². The molecule has 0 amide bonds. The molecule has 0 saturated carbocycles. The zero-order chi connectivity index (χ0) is 13.9. The van der Waals surface area contributed by atoms with E-state index < -0.39 is 0 Å². The average Bonchev–Trinajstić information content (AvgIpc) is 2.93. The van der Waals surface area contributed by atoms with Crippen LogP contribution in [0, 0.1) is 5.82 Å². The van der Waals surface area contributed by atoms with Gasteiger partial charge in [-0.15, -0.1) is 0 Å². The predicted molar refractivity (Wildman–Crippen MR) is 76.8 cm³/mol. The Bertz CT molecular complexity index is 702. The Morgan fingerprint density at radius 3 is 2.35 bits per heavy atom. The van der Waals surface area contributed by atoms with Gasteiger partial charge in [-0.25, -0.2) is 9.07 Å². The molecular weight excluding hydrogens is 253 g/mol. The van der Waals surface area contributed by atoms with Crippen molar-refractivity contribution in [3.63, 3.8) is 0 Å². The first-order valence-electron chi connectivity index (χ1n) is 6.38. The minimum Gasteiger partial charge on any atom is -0.325 e. The maximum absolute atomic E-state index is 13.0. The molecule has 1 aromatic heterocycles. The van der Waals surface area contributed by atoms with Crippen molar-refractivity contribution in [1.82, 2.24) is 9.78 Å². The summed E-state index contributed by atoms with van der Waals surface area (Å²) in [5.74, 6) is -0.265. The zero-order valence-corrected chi connectivity index (χ0v) is 10.8. The van der Waals surface area contributed by atoms with Crippen LogP contribution in [0.4, 0.5) is 4.39 Å². The first kappa shape index (κ1) is 12.6. The third-order valence-electron chi connectivity index (χ3n) is 3.13. The topological polar surface area (TPSA) is 43.8 Å². The van der Waals surface area contributed by atoms with Gasteiger partial charge in [0.05, 0.1) is 17.1 Å². The molecule has 0 spiro atoms. The molecule has 3 nitrogen and oxygen atoms in total. The van der Waals surface area contributed by atoms with E-state index in [9.17, 15) is 4.39 Å². The largest absolute Gasteiger partial charge is 0.325 e. The van der Waals surface area contributed by atoms with Crippen LogP contribution < -0.4 is 5.73 Å². The first-order valence-corrected chi connectivity index (χ1v) is 6.38. The van der Waals surface area contributed by atoms with Crippen LogP contribution in [-0.2, 0) is 6.54 Å². The van der Waals surface area contributed by atoms with Gasteiger partial charge in [0.25, 0.3) is 0 Å². The molecule has 0 unspecified atom stereocenters. The van der Waals surface area contributed by atoms with E-state index in [-0.39, 0.29) is 5.82 Å². The molecule has 20 heavy (non-hydrogen) atoms. The monoisotopic (exact) mass is 267 g/mol. The number of nitrogens with zero attached hydrogens (tertiary/aromatic N) is 2. The van der Waals surface area contributed by atoms with E-state index >= 15 is 0 Å². The molecule has 0 aliphatic rings. The van der Waals surface area contributed by atoms with Gasteiger partial charge < -0.3 is 5.73 Å². The molecular formula is C16H14FN3. The number of hydrogen-bond donors (Lipinski definition) is 1. The summed E-state index contributed by atoms with van der Waals surface area (Å²) in [7, 11) is 0. The summed E-state index contributed by atoms with van der Waals surface area (Å²) in [5.41, 5.74) is 9.35. The van der Waals surface area contributed by atoms with Gasteiger partial charge in [-0.2, -0.15) is 5.10 Å².